The summed E-state index contributed by atoms with van der Waals surface area (Å²) in [6.45, 7) is 11.7. The highest BCUT2D eigenvalue weighted by Gasteiger charge is 2.08. The fraction of sp³-hybridized carbons (Fsp3) is 0.217. The van der Waals surface area contributed by atoms with E-state index in [-0.39, 0.29) is 0 Å². The van der Waals surface area contributed by atoms with Crippen LogP contribution in [0.4, 0.5) is 11.5 Å². The molecule has 0 saturated heterocycles. The zero-order valence-electron chi connectivity index (χ0n) is 18.2. The summed E-state index contributed by atoms with van der Waals surface area (Å²) >= 11 is 3.27. The van der Waals surface area contributed by atoms with Gasteiger partial charge in [0.2, 0.25) is 6.41 Å². The van der Waals surface area contributed by atoms with Gasteiger partial charge in [0.25, 0.3) is 0 Å². The number of aliphatic imine (C=N–C) groups is 1. The van der Waals surface area contributed by atoms with E-state index in [0.717, 1.165) is 44.2 Å². The molecule has 6 nitrogen and oxygen atoms in total. The van der Waals surface area contributed by atoms with Crippen LogP contribution < -0.4 is 10.6 Å². The number of hydrogen-bond acceptors (Lipinski definition) is 7. The average Bonchev–Trinajstić information content (AvgIpc) is 3.09. The Kier molecular flexibility index (Phi) is 9.93. The largest absolute Gasteiger partial charge is 0.361 e. The van der Waals surface area contributed by atoms with Crippen molar-refractivity contribution in [2.75, 3.05) is 16.5 Å². The number of aryl methyl sites for hydroxylation is 4. The first-order valence-corrected chi connectivity index (χ1v) is 11.5. The van der Waals surface area contributed by atoms with Gasteiger partial charge in [-0.2, -0.15) is 0 Å². The molecule has 3 rings (SSSR count). The number of hydrogen-bond donors (Lipinski definition) is 2. The SMILES string of the molecule is C=N/C(=C\SCNc1ccc(C)cn1)c1sc(C)nc1C.Cc1ccc(NC=O)cc1. The number of aromatic nitrogens is 2. The van der Waals surface area contributed by atoms with Crippen molar-refractivity contribution in [1.29, 1.82) is 0 Å². The first kappa shape index (κ1) is 24.3. The summed E-state index contributed by atoms with van der Waals surface area (Å²) in [4.78, 5) is 23.9. The zero-order valence-corrected chi connectivity index (χ0v) is 19.8. The minimum atomic E-state index is 0.671. The molecule has 1 aromatic carbocycles. The van der Waals surface area contributed by atoms with Gasteiger partial charge in [0.05, 0.1) is 27.2 Å². The first-order valence-electron chi connectivity index (χ1n) is 9.59. The Bertz CT molecular complexity index is 1010. The van der Waals surface area contributed by atoms with Gasteiger partial charge in [-0.05, 0) is 63.6 Å². The number of amides is 1. The molecule has 2 N–H and O–H groups in total. The molecule has 162 valence electrons. The van der Waals surface area contributed by atoms with Gasteiger partial charge in [0.15, 0.2) is 0 Å². The third-order valence-corrected chi connectivity index (χ3v) is 5.82. The number of carbonyl (C=O) groups excluding carboxylic acids is 1. The van der Waals surface area contributed by atoms with Crippen molar-refractivity contribution < 1.29 is 4.79 Å². The van der Waals surface area contributed by atoms with Crippen LogP contribution in [-0.2, 0) is 4.79 Å². The maximum absolute atomic E-state index is 9.95. The molecule has 2 aromatic heterocycles. The number of nitrogens with zero attached hydrogens (tertiary/aromatic N) is 3. The van der Waals surface area contributed by atoms with Crippen LogP contribution >= 0.6 is 23.1 Å². The second kappa shape index (κ2) is 12.7. The van der Waals surface area contributed by atoms with Gasteiger partial charge in [-0.25, -0.2) is 9.97 Å². The monoisotopic (exact) mass is 453 g/mol. The number of thiazole rings is 1. The quantitative estimate of drug-likeness (QED) is 0.194. The van der Waals surface area contributed by atoms with Crippen molar-refractivity contribution in [3.05, 3.63) is 74.7 Å². The first-order chi connectivity index (χ1) is 14.9. The molecule has 0 aliphatic heterocycles. The lowest BCUT2D eigenvalue weighted by atomic mass is 10.2. The van der Waals surface area contributed by atoms with Crippen LogP contribution in [0.2, 0.25) is 0 Å². The van der Waals surface area contributed by atoms with Crippen molar-refractivity contribution in [3.8, 4) is 0 Å². The minimum absolute atomic E-state index is 0.671. The predicted molar refractivity (Wildman–Crippen MR) is 135 cm³/mol. The number of carbonyl (C=O) groups is 1. The number of benzene rings is 1. The van der Waals surface area contributed by atoms with E-state index < -0.39 is 0 Å². The molecule has 0 bridgehead atoms. The Morgan fingerprint density at radius 3 is 2.39 bits per heavy atom. The van der Waals surface area contributed by atoms with E-state index in [1.807, 2.05) is 75.7 Å². The maximum Gasteiger partial charge on any atom is 0.211 e. The third-order valence-electron chi connectivity index (χ3n) is 4.03. The van der Waals surface area contributed by atoms with Crippen LogP contribution in [0.25, 0.3) is 5.70 Å². The average molecular weight is 454 g/mol. The van der Waals surface area contributed by atoms with Crippen LogP contribution in [0, 0.1) is 27.7 Å². The van der Waals surface area contributed by atoms with E-state index in [2.05, 4.69) is 32.3 Å². The molecule has 0 radical (unpaired) electrons. The number of thioether (sulfide) groups is 1. The van der Waals surface area contributed by atoms with E-state index in [9.17, 15) is 4.79 Å². The van der Waals surface area contributed by atoms with Crippen molar-refractivity contribution in [2.24, 2.45) is 4.99 Å². The van der Waals surface area contributed by atoms with E-state index in [0.29, 0.717) is 6.41 Å². The molecule has 0 aliphatic rings. The Hall–Kier alpha value is -2.97. The topological polar surface area (TPSA) is 79.3 Å². The fourth-order valence-electron chi connectivity index (χ4n) is 2.46. The van der Waals surface area contributed by atoms with Crippen molar-refractivity contribution in [3.63, 3.8) is 0 Å². The molecule has 2 heterocycles. The Balaban J connectivity index is 0.000000285. The molecule has 8 heteroatoms. The van der Waals surface area contributed by atoms with Gasteiger partial charge in [-0.15, -0.1) is 23.1 Å². The highest BCUT2D eigenvalue weighted by atomic mass is 32.2. The van der Waals surface area contributed by atoms with Gasteiger partial charge in [0.1, 0.15) is 5.82 Å². The summed E-state index contributed by atoms with van der Waals surface area (Å²) in [5.74, 6) is 1.60. The lowest BCUT2D eigenvalue weighted by Gasteiger charge is -2.04. The molecular formula is C23H27N5OS2. The minimum Gasteiger partial charge on any atom is -0.361 e. The van der Waals surface area contributed by atoms with E-state index in [1.165, 1.54) is 5.56 Å². The van der Waals surface area contributed by atoms with E-state index >= 15 is 0 Å². The zero-order chi connectivity index (χ0) is 22.6. The molecule has 0 unspecified atom stereocenters. The Labute approximate surface area is 192 Å². The molecule has 0 atom stereocenters. The van der Waals surface area contributed by atoms with Crippen molar-refractivity contribution in [2.45, 2.75) is 27.7 Å². The van der Waals surface area contributed by atoms with Gasteiger partial charge in [-0.1, -0.05) is 23.8 Å². The Morgan fingerprint density at radius 2 is 1.84 bits per heavy atom. The molecular weight excluding hydrogens is 426 g/mol. The van der Waals surface area contributed by atoms with Gasteiger partial charge < -0.3 is 10.6 Å². The number of rotatable bonds is 8. The second-order valence-corrected chi connectivity index (χ2v) is 8.71. The molecule has 31 heavy (non-hydrogen) atoms. The third kappa shape index (κ3) is 8.35. The lowest BCUT2D eigenvalue weighted by Crippen LogP contribution is -1.98. The summed E-state index contributed by atoms with van der Waals surface area (Å²) in [6, 6.07) is 11.6. The fourth-order valence-corrected chi connectivity index (χ4v) is 4.10. The summed E-state index contributed by atoms with van der Waals surface area (Å²) in [7, 11) is 0. The van der Waals surface area contributed by atoms with E-state index in [1.54, 1.807) is 23.1 Å². The second-order valence-electron chi connectivity index (χ2n) is 6.65. The molecule has 0 aliphatic carbocycles. The number of anilines is 2. The number of pyridine rings is 1. The summed E-state index contributed by atoms with van der Waals surface area (Å²) in [6.07, 6.45) is 2.52. The molecule has 0 spiro atoms. The van der Waals surface area contributed by atoms with Crippen molar-refractivity contribution >= 4 is 53.4 Å². The lowest BCUT2D eigenvalue weighted by molar-refractivity contribution is -0.105. The number of nitrogens with one attached hydrogen (secondary N) is 2. The van der Waals surface area contributed by atoms with Gasteiger partial charge in [-0.3, -0.25) is 9.79 Å². The van der Waals surface area contributed by atoms with Crippen LogP contribution in [0.5, 0.6) is 0 Å². The molecule has 0 saturated carbocycles. The highest BCUT2D eigenvalue weighted by Crippen LogP contribution is 2.28. The smallest absolute Gasteiger partial charge is 0.211 e. The summed E-state index contributed by atoms with van der Waals surface area (Å²) < 4.78 is 0. The maximum atomic E-state index is 9.95. The molecule has 0 fully saturated rings. The van der Waals surface area contributed by atoms with Crippen molar-refractivity contribution in [1.82, 2.24) is 9.97 Å². The van der Waals surface area contributed by atoms with Gasteiger partial charge in [0, 0.05) is 11.9 Å². The predicted octanol–water partition coefficient (Wildman–Crippen LogP) is 5.83. The normalized spacial score (nSPS) is 10.6. The van der Waals surface area contributed by atoms with Crippen LogP contribution in [0.1, 0.15) is 26.7 Å². The van der Waals surface area contributed by atoms with Gasteiger partial charge >= 0.3 is 0 Å². The summed E-state index contributed by atoms with van der Waals surface area (Å²) in [5, 5.41) is 8.86. The van der Waals surface area contributed by atoms with Crippen LogP contribution in [0.15, 0.2) is 53.0 Å². The standard InChI is InChI=1S/C15H18N4S2.C8H9NO/c1-10-5-6-14(17-7-10)18-9-20-8-13(16-4)15-11(2)19-12(3)21-15;1-7-2-4-8(5-3-7)9-6-10/h5-8H,4,9H2,1-3H3,(H,17,18);2-6H,1H3,(H,9,10)/b13-8-;. The van der Waals surface area contributed by atoms with Crippen LogP contribution in [-0.4, -0.2) is 29.0 Å². The summed E-state index contributed by atoms with van der Waals surface area (Å²) in [5.41, 5.74) is 5.06. The molecule has 3 aromatic rings. The highest BCUT2D eigenvalue weighted by molar-refractivity contribution is 8.02. The van der Waals surface area contributed by atoms with Crippen LogP contribution in [0.3, 0.4) is 0 Å². The molecule has 1 amide bonds. The van der Waals surface area contributed by atoms with E-state index in [4.69, 9.17) is 0 Å². The Morgan fingerprint density at radius 1 is 1.13 bits per heavy atom.